The van der Waals surface area contributed by atoms with Crippen molar-refractivity contribution in [2.24, 2.45) is 0 Å². The maximum absolute atomic E-state index is 2.42. The van der Waals surface area contributed by atoms with Gasteiger partial charge in [-0.15, -0.1) is 11.3 Å². The van der Waals surface area contributed by atoms with Crippen LogP contribution in [0.4, 0.5) is 17.1 Å². The van der Waals surface area contributed by atoms with Crippen LogP contribution in [0.5, 0.6) is 0 Å². The highest BCUT2D eigenvalue weighted by Crippen LogP contribution is 2.45. The first-order valence-electron chi connectivity index (χ1n) is 19.8. The van der Waals surface area contributed by atoms with Crippen molar-refractivity contribution in [2.45, 2.75) is 0 Å². The van der Waals surface area contributed by atoms with Crippen molar-refractivity contribution in [3.8, 4) is 44.5 Å². The number of anilines is 3. The number of hydrogen-bond acceptors (Lipinski definition) is 2. The van der Waals surface area contributed by atoms with Crippen LogP contribution in [0, 0.1) is 0 Å². The highest BCUT2D eigenvalue weighted by atomic mass is 32.1. The standard InChI is InChI=1S/C56H37NS/c1-2-11-38(12-3-1)45-28-27-42-15-9-19-50(53(42)37-45)43-25-23-39(24-26-43)40-29-33-46(34-30-40)57(54-21-10-20-52-51-17-6-7-22-55(51)58-56(52)54)47-35-31-44(32-36-47)49-18-8-14-41-13-4-5-16-48(41)49/h1-37H. The van der Waals surface area contributed by atoms with Gasteiger partial charge in [0.2, 0.25) is 0 Å². The van der Waals surface area contributed by atoms with Crippen molar-refractivity contribution in [3.05, 3.63) is 224 Å². The molecule has 0 spiro atoms. The van der Waals surface area contributed by atoms with Crippen molar-refractivity contribution >= 4 is 70.1 Å². The number of thiophene rings is 1. The van der Waals surface area contributed by atoms with Gasteiger partial charge in [0.1, 0.15) is 0 Å². The van der Waals surface area contributed by atoms with Crippen LogP contribution in [0.2, 0.25) is 0 Å². The van der Waals surface area contributed by atoms with E-state index in [1.54, 1.807) is 0 Å². The van der Waals surface area contributed by atoms with Crippen molar-refractivity contribution in [1.29, 1.82) is 0 Å². The zero-order valence-electron chi connectivity index (χ0n) is 31.7. The molecule has 0 N–H and O–H groups in total. The molecule has 0 aliphatic heterocycles. The van der Waals surface area contributed by atoms with Gasteiger partial charge in [-0.1, -0.05) is 182 Å². The number of nitrogens with zero attached hydrogens (tertiary/aromatic N) is 1. The van der Waals surface area contributed by atoms with Gasteiger partial charge in [-0.3, -0.25) is 0 Å². The van der Waals surface area contributed by atoms with Gasteiger partial charge in [-0.25, -0.2) is 0 Å². The molecular formula is C56H37NS. The Kier molecular flexibility index (Phi) is 8.42. The van der Waals surface area contributed by atoms with E-state index < -0.39 is 0 Å². The van der Waals surface area contributed by atoms with Crippen molar-refractivity contribution in [1.82, 2.24) is 0 Å². The molecule has 11 rings (SSSR count). The van der Waals surface area contributed by atoms with Gasteiger partial charge in [-0.05, 0) is 109 Å². The monoisotopic (exact) mass is 755 g/mol. The van der Waals surface area contributed by atoms with Crippen LogP contribution >= 0.6 is 11.3 Å². The molecule has 272 valence electrons. The number of hydrogen-bond donors (Lipinski definition) is 0. The van der Waals surface area contributed by atoms with E-state index in [9.17, 15) is 0 Å². The maximum Gasteiger partial charge on any atom is 0.0640 e. The van der Waals surface area contributed by atoms with Crippen LogP contribution in [-0.4, -0.2) is 0 Å². The first-order chi connectivity index (χ1) is 28.7. The summed E-state index contributed by atoms with van der Waals surface area (Å²) >= 11 is 1.87. The van der Waals surface area contributed by atoms with Gasteiger partial charge in [0.05, 0.1) is 10.4 Å². The molecule has 0 radical (unpaired) electrons. The summed E-state index contributed by atoms with van der Waals surface area (Å²) in [5.74, 6) is 0. The zero-order chi connectivity index (χ0) is 38.4. The molecule has 2 heteroatoms. The van der Waals surface area contributed by atoms with Crippen LogP contribution < -0.4 is 4.90 Å². The fraction of sp³-hybridized carbons (Fsp3) is 0. The predicted molar refractivity (Wildman–Crippen MR) is 251 cm³/mol. The third kappa shape index (κ3) is 6.03. The maximum atomic E-state index is 2.42. The quantitative estimate of drug-likeness (QED) is 0.157. The van der Waals surface area contributed by atoms with Crippen molar-refractivity contribution in [3.63, 3.8) is 0 Å². The molecule has 11 aromatic rings. The Bertz CT molecular complexity index is 3250. The van der Waals surface area contributed by atoms with E-state index >= 15 is 0 Å². The highest BCUT2D eigenvalue weighted by Gasteiger charge is 2.19. The van der Waals surface area contributed by atoms with E-state index in [1.807, 2.05) is 11.3 Å². The summed E-state index contributed by atoms with van der Waals surface area (Å²) in [5.41, 5.74) is 13.2. The number of fused-ring (bicyclic) bond motifs is 5. The summed E-state index contributed by atoms with van der Waals surface area (Å²) in [6, 6.07) is 81.8. The lowest BCUT2D eigenvalue weighted by Crippen LogP contribution is -2.10. The van der Waals surface area contributed by atoms with E-state index in [0.717, 1.165) is 11.4 Å². The molecule has 0 unspecified atom stereocenters. The largest absolute Gasteiger partial charge is 0.309 e. The third-order valence-corrected chi connectivity index (χ3v) is 12.7. The van der Waals surface area contributed by atoms with Gasteiger partial charge >= 0.3 is 0 Å². The van der Waals surface area contributed by atoms with E-state index in [1.165, 1.54) is 91.9 Å². The molecule has 1 heterocycles. The second kappa shape index (κ2) is 14.4. The van der Waals surface area contributed by atoms with Crippen molar-refractivity contribution < 1.29 is 0 Å². The molecule has 0 aliphatic rings. The van der Waals surface area contributed by atoms with Crippen LogP contribution in [0.25, 0.3) is 86.2 Å². The molecule has 0 amide bonds. The normalized spacial score (nSPS) is 11.4. The lowest BCUT2D eigenvalue weighted by atomic mass is 9.94. The molecule has 0 atom stereocenters. The van der Waals surface area contributed by atoms with Gasteiger partial charge in [-0.2, -0.15) is 0 Å². The Labute approximate surface area is 342 Å². The smallest absolute Gasteiger partial charge is 0.0640 e. The van der Waals surface area contributed by atoms with Gasteiger partial charge < -0.3 is 4.90 Å². The van der Waals surface area contributed by atoms with E-state index in [-0.39, 0.29) is 0 Å². The average Bonchev–Trinajstić information content (AvgIpc) is 3.69. The average molecular weight is 756 g/mol. The summed E-state index contributed by atoms with van der Waals surface area (Å²) in [5, 5.41) is 7.62. The molecule has 0 saturated heterocycles. The SMILES string of the molecule is c1ccc(-c2ccc3cccc(-c4ccc(-c5ccc(N(c6ccc(-c7cccc8ccccc78)cc6)c6cccc7c6sc6ccccc67)cc5)cc4)c3c2)cc1. The molecule has 0 fully saturated rings. The fourth-order valence-electron chi connectivity index (χ4n) is 8.58. The van der Waals surface area contributed by atoms with E-state index in [0.29, 0.717) is 0 Å². The lowest BCUT2D eigenvalue weighted by Gasteiger charge is -2.26. The fourth-order valence-corrected chi connectivity index (χ4v) is 9.79. The van der Waals surface area contributed by atoms with Crippen molar-refractivity contribution in [2.75, 3.05) is 4.90 Å². The Hall–Kier alpha value is -7.26. The number of rotatable bonds is 7. The molecular weight excluding hydrogens is 719 g/mol. The van der Waals surface area contributed by atoms with Crippen LogP contribution in [0.1, 0.15) is 0 Å². The minimum atomic E-state index is 1.12. The summed E-state index contributed by atoms with van der Waals surface area (Å²) in [6.07, 6.45) is 0. The second-order valence-electron chi connectivity index (χ2n) is 14.9. The molecule has 10 aromatic carbocycles. The summed E-state index contributed by atoms with van der Waals surface area (Å²) in [7, 11) is 0. The summed E-state index contributed by atoms with van der Waals surface area (Å²) in [6.45, 7) is 0. The van der Waals surface area contributed by atoms with Crippen LogP contribution in [0.3, 0.4) is 0 Å². The van der Waals surface area contributed by atoms with E-state index in [4.69, 9.17) is 0 Å². The summed E-state index contributed by atoms with van der Waals surface area (Å²) in [4.78, 5) is 2.42. The first-order valence-corrected chi connectivity index (χ1v) is 20.6. The Morgan fingerprint density at radius 2 is 0.776 bits per heavy atom. The first kappa shape index (κ1) is 34.0. The molecule has 58 heavy (non-hydrogen) atoms. The minimum Gasteiger partial charge on any atom is -0.309 e. The summed E-state index contributed by atoms with van der Waals surface area (Å²) < 4.78 is 2.58. The predicted octanol–water partition coefficient (Wildman–Crippen LogP) is 16.5. The Morgan fingerprint density at radius 1 is 0.293 bits per heavy atom. The molecule has 1 aromatic heterocycles. The number of benzene rings is 10. The van der Waals surface area contributed by atoms with Gasteiger partial charge in [0, 0.05) is 26.8 Å². The topological polar surface area (TPSA) is 3.24 Å². The van der Waals surface area contributed by atoms with Crippen LogP contribution in [0.15, 0.2) is 224 Å². The van der Waals surface area contributed by atoms with Crippen LogP contribution in [-0.2, 0) is 0 Å². The Balaban J connectivity index is 0.962. The molecule has 0 aliphatic carbocycles. The lowest BCUT2D eigenvalue weighted by molar-refractivity contribution is 1.30. The van der Waals surface area contributed by atoms with E-state index in [2.05, 4.69) is 229 Å². The third-order valence-electron chi connectivity index (χ3n) is 11.5. The minimum absolute atomic E-state index is 1.12. The molecule has 0 saturated carbocycles. The molecule has 1 nitrogen and oxygen atoms in total. The second-order valence-corrected chi connectivity index (χ2v) is 15.9. The molecule has 0 bridgehead atoms. The zero-order valence-corrected chi connectivity index (χ0v) is 32.5. The van der Waals surface area contributed by atoms with Gasteiger partial charge in [0.15, 0.2) is 0 Å². The van der Waals surface area contributed by atoms with Gasteiger partial charge in [0.25, 0.3) is 0 Å². The Morgan fingerprint density at radius 3 is 1.50 bits per heavy atom. The highest BCUT2D eigenvalue weighted by molar-refractivity contribution is 7.26.